The van der Waals surface area contributed by atoms with Gasteiger partial charge in [-0.15, -0.1) is 24.0 Å². The fourth-order valence-electron chi connectivity index (χ4n) is 2.46. The molecule has 0 aromatic heterocycles. The molecule has 1 aromatic rings. The van der Waals surface area contributed by atoms with Crippen molar-refractivity contribution >= 4 is 45.7 Å². The van der Waals surface area contributed by atoms with Crippen LogP contribution in [0.5, 0.6) is 0 Å². The van der Waals surface area contributed by atoms with Crippen LogP contribution in [0.3, 0.4) is 0 Å². The molecule has 1 aromatic carbocycles. The second kappa shape index (κ2) is 10.8. The van der Waals surface area contributed by atoms with E-state index in [9.17, 15) is 13.2 Å². The van der Waals surface area contributed by atoms with Gasteiger partial charge in [0.1, 0.15) is 0 Å². The van der Waals surface area contributed by atoms with Gasteiger partial charge in [0.15, 0.2) is 15.8 Å². The molecule has 0 saturated carbocycles. The average Bonchev–Trinajstić information content (AvgIpc) is 2.55. The maximum absolute atomic E-state index is 11.9. The molecule has 0 aliphatic carbocycles. The minimum absolute atomic E-state index is 0. The van der Waals surface area contributed by atoms with Gasteiger partial charge in [-0.3, -0.25) is 4.79 Å². The van der Waals surface area contributed by atoms with Crippen LogP contribution in [0.4, 0.5) is 0 Å². The molecule has 1 rings (SSSR count). The number of rotatable bonds is 7. The molecule has 7 nitrogen and oxygen atoms in total. The van der Waals surface area contributed by atoms with E-state index in [1.165, 1.54) is 6.26 Å². The first kappa shape index (κ1) is 25.6. The van der Waals surface area contributed by atoms with E-state index >= 15 is 0 Å². The zero-order valence-corrected chi connectivity index (χ0v) is 20.0. The van der Waals surface area contributed by atoms with Crippen molar-refractivity contribution in [3.8, 4) is 0 Å². The van der Waals surface area contributed by atoms with Crippen molar-refractivity contribution in [3.05, 3.63) is 29.3 Å². The van der Waals surface area contributed by atoms with Crippen LogP contribution in [0.25, 0.3) is 0 Å². The summed E-state index contributed by atoms with van der Waals surface area (Å²) in [4.78, 5) is 16.7. The van der Waals surface area contributed by atoms with Gasteiger partial charge in [-0.05, 0) is 44.9 Å². The van der Waals surface area contributed by atoms with E-state index < -0.39 is 15.3 Å². The number of hydrogen-bond acceptors (Lipinski definition) is 4. The molecule has 154 valence electrons. The molecule has 0 saturated heterocycles. The van der Waals surface area contributed by atoms with Gasteiger partial charge in [-0.1, -0.05) is 12.1 Å². The van der Waals surface area contributed by atoms with Crippen LogP contribution in [-0.4, -0.2) is 46.7 Å². The van der Waals surface area contributed by atoms with Crippen LogP contribution in [0.2, 0.25) is 0 Å². The fraction of sp³-hybridized carbons (Fsp3) is 0.556. The Morgan fingerprint density at radius 2 is 1.85 bits per heavy atom. The second-order valence-corrected chi connectivity index (χ2v) is 8.87. The van der Waals surface area contributed by atoms with Crippen LogP contribution >= 0.6 is 24.0 Å². The van der Waals surface area contributed by atoms with Gasteiger partial charge in [-0.25, -0.2) is 13.4 Å². The maximum Gasteiger partial charge on any atom is 0.227 e. The predicted molar refractivity (Wildman–Crippen MR) is 120 cm³/mol. The van der Waals surface area contributed by atoms with E-state index in [0.717, 1.165) is 5.56 Å². The summed E-state index contributed by atoms with van der Waals surface area (Å²) in [7, 11) is -1.61. The van der Waals surface area contributed by atoms with Gasteiger partial charge >= 0.3 is 0 Å². The molecule has 0 bridgehead atoms. The van der Waals surface area contributed by atoms with E-state index in [1.54, 1.807) is 26.1 Å². The van der Waals surface area contributed by atoms with E-state index in [0.29, 0.717) is 36.1 Å². The number of carbonyl (C=O) groups excluding carboxylic acids is 1. The smallest absolute Gasteiger partial charge is 0.227 e. The van der Waals surface area contributed by atoms with Crippen molar-refractivity contribution in [2.45, 2.75) is 39.1 Å². The standard InChI is InChI=1S/C18H30N4O3S.HI/c1-7-20-17(22-12-18(3,4)16(23)19-5)21-11-14-8-9-15(13(2)10-14)26(6,24)25;/h8-10H,7,11-12H2,1-6H3,(H,19,23)(H2,20,21,22);1H. The minimum Gasteiger partial charge on any atom is -0.359 e. The number of aliphatic imine (C=N–C) groups is 1. The van der Waals surface area contributed by atoms with Gasteiger partial charge in [0.25, 0.3) is 0 Å². The molecule has 0 radical (unpaired) electrons. The van der Waals surface area contributed by atoms with Crippen molar-refractivity contribution in [1.29, 1.82) is 0 Å². The van der Waals surface area contributed by atoms with Crippen LogP contribution in [-0.2, 0) is 21.2 Å². The van der Waals surface area contributed by atoms with Gasteiger partial charge in [0.05, 0.1) is 16.9 Å². The lowest BCUT2D eigenvalue weighted by atomic mass is 9.92. The van der Waals surface area contributed by atoms with Gasteiger partial charge in [0, 0.05) is 26.4 Å². The van der Waals surface area contributed by atoms with Crippen LogP contribution in [0.15, 0.2) is 28.1 Å². The van der Waals surface area contributed by atoms with Crippen molar-refractivity contribution in [2.24, 2.45) is 10.4 Å². The molecule has 0 heterocycles. The summed E-state index contributed by atoms with van der Waals surface area (Å²) >= 11 is 0. The third-order valence-electron chi connectivity index (χ3n) is 3.94. The molecule has 9 heteroatoms. The van der Waals surface area contributed by atoms with Gasteiger partial charge in [0.2, 0.25) is 5.91 Å². The average molecular weight is 510 g/mol. The Labute approximate surface area is 179 Å². The number of amides is 1. The first-order valence-electron chi connectivity index (χ1n) is 8.55. The Kier molecular flexibility index (Phi) is 10.3. The van der Waals surface area contributed by atoms with Gasteiger partial charge in [-0.2, -0.15) is 0 Å². The quantitative estimate of drug-likeness (QED) is 0.296. The Balaban J connectivity index is 0.00000676. The maximum atomic E-state index is 11.9. The number of nitrogens with zero attached hydrogens (tertiary/aromatic N) is 1. The van der Waals surface area contributed by atoms with E-state index in [2.05, 4.69) is 20.9 Å². The zero-order valence-electron chi connectivity index (χ0n) is 16.8. The molecule has 0 spiro atoms. The molecular formula is C18H31IN4O3S. The summed E-state index contributed by atoms with van der Waals surface area (Å²) in [5.41, 5.74) is 1.05. The normalized spacial score (nSPS) is 12.1. The fourth-order valence-corrected chi connectivity index (χ4v) is 3.42. The minimum atomic E-state index is -3.22. The Hall–Kier alpha value is -1.36. The lowest BCUT2D eigenvalue weighted by Crippen LogP contribution is -2.47. The molecule has 0 atom stereocenters. The van der Waals surface area contributed by atoms with Crippen molar-refractivity contribution < 1.29 is 13.2 Å². The second-order valence-electron chi connectivity index (χ2n) is 6.88. The largest absolute Gasteiger partial charge is 0.359 e. The molecule has 0 fully saturated rings. The highest BCUT2D eigenvalue weighted by molar-refractivity contribution is 14.0. The van der Waals surface area contributed by atoms with Crippen molar-refractivity contribution in [3.63, 3.8) is 0 Å². The topological polar surface area (TPSA) is 99.7 Å². The van der Waals surface area contributed by atoms with E-state index in [4.69, 9.17) is 0 Å². The number of nitrogens with one attached hydrogen (secondary N) is 3. The molecule has 3 N–H and O–H groups in total. The van der Waals surface area contributed by atoms with Crippen molar-refractivity contribution in [2.75, 3.05) is 26.4 Å². The highest BCUT2D eigenvalue weighted by Gasteiger charge is 2.26. The third kappa shape index (κ3) is 8.04. The van der Waals surface area contributed by atoms with E-state index in [1.807, 2.05) is 26.8 Å². The van der Waals surface area contributed by atoms with Crippen LogP contribution in [0, 0.1) is 12.3 Å². The Bertz CT molecular complexity index is 777. The highest BCUT2D eigenvalue weighted by atomic mass is 127. The van der Waals surface area contributed by atoms with Crippen LogP contribution in [0.1, 0.15) is 31.9 Å². The van der Waals surface area contributed by atoms with Gasteiger partial charge < -0.3 is 16.0 Å². The first-order valence-corrected chi connectivity index (χ1v) is 10.4. The number of halogens is 1. The summed E-state index contributed by atoms with van der Waals surface area (Å²) in [5, 5.41) is 8.98. The molecule has 0 aliphatic heterocycles. The number of carbonyl (C=O) groups is 1. The zero-order chi connectivity index (χ0) is 20.0. The lowest BCUT2D eigenvalue weighted by Gasteiger charge is -2.24. The number of hydrogen-bond donors (Lipinski definition) is 3. The molecule has 27 heavy (non-hydrogen) atoms. The third-order valence-corrected chi connectivity index (χ3v) is 5.20. The van der Waals surface area contributed by atoms with Crippen molar-refractivity contribution in [1.82, 2.24) is 16.0 Å². The summed E-state index contributed by atoms with van der Waals surface area (Å²) in [6.07, 6.45) is 1.20. The van der Waals surface area contributed by atoms with E-state index in [-0.39, 0.29) is 29.9 Å². The highest BCUT2D eigenvalue weighted by Crippen LogP contribution is 2.17. The Morgan fingerprint density at radius 1 is 1.22 bits per heavy atom. The lowest BCUT2D eigenvalue weighted by molar-refractivity contribution is -0.128. The number of benzene rings is 1. The molecule has 0 aliphatic rings. The molecule has 0 unspecified atom stereocenters. The Morgan fingerprint density at radius 3 is 2.33 bits per heavy atom. The number of aryl methyl sites for hydroxylation is 1. The van der Waals surface area contributed by atoms with Crippen LogP contribution < -0.4 is 16.0 Å². The first-order chi connectivity index (χ1) is 12.0. The number of guanidine groups is 1. The summed E-state index contributed by atoms with van der Waals surface area (Å²) in [6, 6.07) is 5.22. The predicted octanol–water partition coefficient (Wildman–Crippen LogP) is 1.84. The summed E-state index contributed by atoms with van der Waals surface area (Å²) in [5.74, 6) is 0.558. The summed E-state index contributed by atoms with van der Waals surface area (Å²) < 4.78 is 23.4. The SMILES string of the molecule is CCNC(=NCc1ccc(S(C)(=O)=O)c(C)c1)NCC(C)(C)C(=O)NC.I. The number of sulfone groups is 1. The summed E-state index contributed by atoms with van der Waals surface area (Å²) in [6.45, 7) is 8.99. The molecular weight excluding hydrogens is 479 g/mol. The molecule has 1 amide bonds. The monoisotopic (exact) mass is 510 g/mol.